The van der Waals surface area contributed by atoms with E-state index < -0.39 is 0 Å². The first-order chi connectivity index (χ1) is 14.1. The average molecular weight is 411 g/mol. The lowest BCUT2D eigenvalue weighted by Crippen LogP contribution is -2.30. The molecule has 0 fully saturated rings. The molecule has 8 nitrogen and oxygen atoms in total. The predicted molar refractivity (Wildman–Crippen MR) is 111 cm³/mol. The molecule has 2 aromatic heterocycles. The molecule has 0 unspecified atom stereocenters. The molecule has 1 N–H and O–H groups in total. The number of pyridine rings is 1. The summed E-state index contributed by atoms with van der Waals surface area (Å²) in [6.07, 6.45) is 3.29. The number of benzene rings is 1. The number of hydrogen-bond donors (Lipinski definition) is 1. The number of carbonyl (C=O) groups is 2. The van der Waals surface area contributed by atoms with Crippen LogP contribution in [0, 0.1) is 0 Å². The summed E-state index contributed by atoms with van der Waals surface area (Å²) in [6, 6.07) is 10.4. The maximum atomic E-state index is 12.3. The molecule has 0 bridgehead atoms. The van der Waals surface area contributed by atoms with Gasteiger partial charge >= 0.3 is 0 Å². The molecule has 2 amide bonds. The third-order valence-electron chi connectivity index (χ3n) is 4.11. The normalized spacial score (nSPS) is 10.6. The first-order valence-electron chi connectivity index (χ1n) is 9.16. The SMILES string of the molecule is CCN(CC)C(=O)c1ccc(NC(=O)CSc2nnc(-c3cccnc3)o2)cc1. The van der Waals surface area contributed by atoms with Crippen molar-refractivity contribution in [2.24, 2.45) is 0 Å². The zero-order chi connectivity index (χ0) is 20.6. The van der Waals surface area contributed by atoms with E-state index >= 15 is 0 Å². The average Bonchev–Trinajstić information content (AvgIpc) is 3.23. The quantitative estimate of drug-likeness (QED) is 0.567. The predicted octanol–water partition coefficient (Wildman–Crippen LogP) is 3.34. The second-order valence-electron chi connectivity index (χ2n) is 6.01. The van der Waals surface area contributed by atoms with Crippen molar-refractivity contribution in [2.45, 2.75) is 19.1 Å². The van der Waals surface area contributed by atoms with Crippen LogP contribution in [0.15, 0.2) is 58.4 Å². The van der Waals surface area contributed by atoms with Crippen LogP contribution < -0.4 is 5.32 Å². The molecule has 150 valence electrons. The Morgan fingerprint density at radius 3 is 2.52 bits per heavy atom. The van der Waals surface area contributed by atoms with Crippen LogP contribution in [0.4, 0.5) is 5.69 Å². The lowest BCUT2D eigenvalue weighted by molar-refractivity contribution is -0.113. The van der Waals surface area contributed by atoms with Crippen molar-refractivity contribution in [1.82, 2.24) is 20.1 Å². The van der Waals surface area contributed by atoms with Crippen LogP contribution in [0.1, 0.15) is 24.2 Å². The number of aromatic nitrogens is 3. The van der Waals surface area contributed by atoms with Crippen molar-refractivity contribution in [2.75, 3.05) is 24.2 Å². The van der Waals surface area contributed by atoms with Crippen LogP contribution in [0.3, 0.4) is 0 Å². The summed E-state index contributed by atoms with van der Waals surface area (Å²) < 4.78 is 5.53. The Bertz CT molecular complexity index is 956. The third kappa shape index (κ3) is 5.41. The Hall–Kier alpha value is -3.20. The van der Waals surface area contributed by atoms with Gasteiger partial charge in [0, 0.05) is 36.7 Å². The van der Waals surface area contributed by atoms with Gasteiger partial charge < -0.3 is 14.6 Å². The molecule has 0 aliphatic rings. The molecule has 29 heavy (non-hydrogen) atoms. The van der Waals surface area contributed by atoms with Gasteiger partial charge in [-0.15, -0.1) is 10.2 Å². The molecule has 0 saturated carbocycles. The standard InChI is InChI=1S/C20H21N5O3S/c1-3-25(4-2)19(27)14-7-9-16(10-8-14)22-17(26)13-29-20-24-23-18(28-20)15-6-5-11-21-12-15/h5-12H,3-4,13H2,1-2H3,(H,22,26). The smallest absolute Gasteiger partial charge is 0.277 e. The number of carbonyl (C=O) groups excluding carboxylic acids is 2. The second kappa shape index (κ2) is 9.83. The number of rotatable bonds is 8. The highest BCUT2D eigenvalue weighted by Gasteiger charge is 2.13. The second-order valence-corrected chi connectivity index (χ2v) is 6.93. The minimum absolute atomic E-state index is 0.0238. The molecular formula is C20H21N5O3S. The van der Waals surface area contributed by atoms with Gasteiger partial charge in [-0.1, -0.05) is 11.8 Å². The fraction of sp³-hybridized carbons (Fsp3) is 0.250. The van der Waals surface area contributed by atoms with Crippen molar-refractivity contribution in [3.63, 3.8) is 0 Å². The minimum atomic E-state index is -0.209. The Kier molecular flexibility index (Phi) is 6.96. The van der Waals surface area contributed by atoms with E-state index in [4.69, 9.17) is 4.42 Å². The Labute approximate surface area is 172 Å². The van der Waals surface area contributed by atoms with E-state index in [-0.39, 0.29) is 17.6 Å². The van der Waals surface area contributed by atoms with Crippen LogP contribution >= 0.6 is 11.8 Å². The molecule has 3 aromatic rings. The van der Waals surface area contributed by atoms with Crippen molar-refractivity contribution < 1.29 is 14.0 Å². The molecular weight excluding hydrogens is 390 g/mol. The zero-order valence-corrected chi connectivity index (χ0v) is 17.0. The van der Waals surface area contributed by atoms with Gasteiger partial charge in [0.2, 0.25) is 11.8 Å². The van der Waals surface area contributed by atoms with Crippen molar-refractivity contribution >= 4 is 29.3 Å². The molecule has 0 aliphatic carbocycles. The molecule has 3 rings (SSSR count). The number of amides is 2. The van der Waals surface area contributed by atoms with Gasteiger partial charge in [0.15, 0.2) is 0 Å². The van der Waals surface area contributed by atoms with E-state index in [2.05, 4.69) is 20.5 Å². The number of anilines is 1. The Morgan fingerprint density at radius 2 is 1.86 bits per heavy atom. The van der Waals surface area contributed by atoms with Crippen molar-refractivity contribution in [3.05, 3.63) is 54.4 Å². The van der Waals surface area contributed by atoms with Crippen LogP contribution in [0.25, 0.3) is 11.5 Å². The number of nitrogens with zero attached hydrogens (tertiary/aromatic N) is 4. The highest BCUT2D eigenvalue weighted by Crippen LogP contribution is 2.22. The number of hydrogen-bond acceptors (Lipinski definition) is 7. The van der Waals surface area contributed by atoms with Crippen molar-refractivity contribution in [1.29, 1.82) is 0 Å². The van der Waals surface area contributed by atoms with E-state index in [1.807, 2.05) is 19.9 Å². The van der Waals surface area contributed by atoms with Gasteiger partial charge in [-0.3, -0.25) is 14.6 Å². The summed E-state index contributed by atoms with van der Waals surface area (Å²) >= 11 is 1.15. The Balaban J connectivity index is 1.52. The molecule has 1 aromatic carbocycles. The van der Waals surface area contributed by atoms with Crippen LogP contribution in [0.2, 0.25) is 0 Å². The maximum Gasteiger partial charge on any atom is 0.277 e. The summed E-state index contributed by atoms with van der Waals surface area (Å²) in [7, 11) is 0. The first kappa shape index (κ1) is 20.5. The Morgan fingerprint density at radius 1 is 1.10 bits per heavy atom. The van der Waals surface area contributed by atoms with Gasteiger partial charge in [0.1, 0.15) is 0 Å². The lowest BCUT2D eigenvalue weighted by atomic mass is 10.2. The number of thioether (sulfide) groups is 1. The van der Waals surface area contributed by atoms with Crippen LogP contribution in [0.5, 0.6) is 0 Å². The minimum Gasteiger partial charge on any atom is -0.411 e. The summed E-state index contributed by atoms with van der Waals surface area (Å²) in [5.74, 6) is 0.243. The highest BCUT2D eigenvalue weighted by molar-refractivity contribution is 7.99. The fourth-order valence-corrected chi connectivity index (χ4v) is 3.15. The van der Waals surface area contributed by atoms with Gasteiger partial charge in [0.25, 0.3) is 11.1 Å². The number of nitrogens with one attached hydrogen (secondary N) is 1. The van der Waals surface area contributed by atoms with E-state index in [1.165, 1.54) is 0 Å². The third-order valence-corrected chi connectivity index (χ3v) is 4.93. The van der Waals surface area contributed by atoms with E-state index in [1.54, 1.807) is 47.6 Å². The molecule has 9 heteroatoms. The van der Waals surface area contributed by atoms with E-state index in [9.17, 15) is 9.59 Å². The van der Waals surface area contributed by atoms with Crippen LogP contribution in [-0.4, -0.2) is 50.7 Å². The first-order valence-corrected chi connectivity index (χ1v) is 10.1. The van der Waals surface area contributed by atoms with Gasteiger partial charge in [-0.05, 0) is 50.2 Å². The van der Waals surface area contributed by atoms with Crippen LogP contribution in [-0.2, 0) is 4.79 Å². The monoisotopic (exact) mass is 411 g/mol. The molecule has 0 aliphatic heterocycles. The van der Waals surface area contributed by atoms with E-state index in [0.717, 1.165) is 17.3 Å². The van der Waals surface area contributed by atoms with Crippen molar-refractivity contribution in [3.8, 4) is 11.5 Å². The molecule has 0 spiro atoms. The molecule has 0 radical (unpaired) electrons. The lowest BCUT2D eigenvalue weighted by Gasteiger charge is -2.18. The maximum absolute atomic E-state index is 12.3. The summed E-state index contributed by atoms with van der Waals surface area (Å²) in [4.78, 5) is 30.2. The molecule has 2 heterocycles. The molecule has 0 saturated heterocycles. The largest absolute Gasteiger partial charge is 0.411 e. The summed E-state index contributed by atoms with van der Waals surface area (Å²) in [5, 5.41) is 11.0. The van der Waals surface area contributed by atoms with Gasteiger partial charge in [-0.2, -0.15) is 0 Å². The molecule has 0 atom stereocenters. The topological polar surface area (TPSA) is 101 Å². The summed E-state index contributed by atoms with van der Waals surface area (Å²) in [6.45, 7) is 5.19. The van der Waals surface area contributed by atoms with Gasteiger partial charge in [0.05, 0.1) is 11.3 Å². The zero-order valence-electron chi connectivity index (χ0n) is 16.2. The fourth-order valence-electron chi connectivity index (χ4n) is 2.59. The highest BCUT2D eigenvalue weighted by atomic mass is 32.2. The van der Waals surface area contributed by atoms with Gasteiger partial charge in [-0.25, -0.2) is 0 Å². The summed E-state index contributed by atoms with van der Waals surface area (Å²) in [5.41, 5.74) is 1.93. The van der Waals surface area contributed by atoms with E-state index in [0.29, 0.717) is 35.5 Å².